The summed E-state index contributed by atoms with van der Waals surface area (Å²) in [6.07, 6.45) is 2.63. The van der Waals surface area contributed by atoms with Crippen molar-refractivity contribution in [2.75, 3.05) is 26.7 Å². The molecule has 3 aliphatic carbocycles. The molecule has 0 radical (unpaired) electrons. The Hall–Kier alpha value is -5.55. The number of urea groups is 1. The SMILES string of the molecule is CCN1CCN(C(=O)NC(C(=O)NC(Cc2cccc(C(=O)OC(C)(C)C)c2OC)B2O[C@@H]3[C@@H]4C[C@H](C[C@]3(C)O2)C4(C)C)c2ncc(OCc3ccccc3)cc2F)C(=O)C1=O. The number of piperazine rings is 1. The Labute approximate surface area is 361 Å². The van der Waals surface area contributed by atoms with E-state index in [1.807, 2.05) is 37.3 Å². The van der Waals surface area contributed by atoms with Gasteiger partial charge in [-0.15, -0.1) is 0 Å². The molecular weight excluding hydrogens is 800 g/mol. The minimum Gasteiger partial charge on any atom is -0.496 e. The molecule has 6 atom stereocenters. The number of carbonyl (C=O) groups excluding carboxylic acids is 5. The first kappa shape index (κ1) is 44.5. The lowest BCUT2D eigenvalue weighted by Gasteiger charge is -2.63. The minimum absolute atomic E-state index is 0.00862. The first-order valence-corrected chi connectivity index (χ1v) is 21.1. The van der Waals surface area contributed by atoms with Crippen LogP contribution in [0.4, 0.5) is 9.18 Å². The van der Waals surface area contributed by atoms with Crippen LogP contribution in [-0.2, 0) is 41.5 Å². The van der Waals surface area contributed by atoms with Gasteiger partial charge in [-0.2, -0.15) is 0 Å². The van der Waals surface area contributed by atoms with Gasteiger partial charge in [0.25, 0.3) is 0 Å². The van der Waals surface area contributed by atoms with Crippen molar-refractivity contribution in [3.05, 3.63) is 89.0 Å². The normalized spacial score (nSPS) is 23.8. The van der Waals surface area contributed by atoms with E-state index >= 15 is 4.39 Å². The van der Waals surface area contributed by atoms with Crippen molar-refractivity contribution in [2.24, 2.45) is 17.3 Å². The Morgan fingerprint density at radius 2 is 1.77 bits per heavy atom. The Bertz CT molecular complexity index is 2220. The maximum atomic E-state index is 16.3. The smallest absolute Gasteiger partial charge is 0.482 e. The van der Waals surface area contributed by atoms with Crippen LogP contribution in [0.5, 0.6) is 11.5 Å². The number of nitrogens with one attached hydrogen (secondary N) is 2. The summed E-state index contributed by atoms with van der Waals surface area (Å²) in [6.45, 7) is 13.7. The number of amides is 5. The molecule has 2 aliphatic heterocycles. The predicted octanol–water partition coefficient (Wildman–Crippen LogP) is 5.20. The van der Waals surface area contributed by atoms with Gasteiger partial charge in [0.15, 0.2) is 11.9 Å². The molecule has 2 N–H and O–H groups in total. The third-order valence-electron chi connectivity index (χ3n) is 12.7. The molecular formula is C45H55BFN5O10. The van der Waals surface area contributed by atoms with E-state index in [2.05, 4.69) is 29.5 Å². The Morgan fingerprint density at radius 1 is 1.03 bits per heavy atom. The number of pyridine rings is 1. The largest absolute Gasteiger partial charge is 0.496 e. The number of rotatable bonds is 13. The van der Waals surface area contributed by atoms with Crippen molar-refractivity contribution in [1.82, 2.24) is 25.4 Å². The number of likely N-dealkylation sites (N-methyl/N-ethyl adjacent to an activating group) is 1. The second-order valence-electron chi connectivity index (χ2n) is 18.3. The van der Waals surface area contributed by atoms with E-state index in [1.54, 1.807) is 45.9 Å². The summed E-state index contributed by atoms with van der Waals surface area (Å²) in [5.41, 5.74) is -0.443. The van der Waals surface area contributed by atoms with Gasteiger partial charge >= 0.3 is 30.9 Å². The zero-order chi connectivity index (χ0) is 44.7. The summed E-state index contributed by atoms with van der Waals surface area (Å²) in [4.78, 5) is 74.2. The number of ether oxygens (including phenoxy) is 3. The van der Waals surface area contributed by atoms with Crippen LogP contribution in [0.3, 0.4) is 0 Å². The Balaban J connectivity index is 1.23. The highest BCUT2D eigenvalue weighted by Crippen LogP contribution is 2.64. The van der Waals surface area contributed by atoms with E-state index in [4.69, 9.17) is 23.5 Å². The molecule has 5 amide bonds. The summed E-state index contributed by atoms with van der Waals surface area (Å²) in [6, 6.07) is 12.3. The molecule has 5 aliphatic rings. The molecule has 62 heavy (non-hydrogen) atoms. The molecule has 17 heteroatoms. The molecule has 3 saturated carbocycles. The maximum Gasteiger partial charge on any atom is 0.482 e. The zero-order valence-electron chi connectivity index (χ0n) is 36.5. The van der Waals surface area contributed by atoms with Gasteiger partial charge in [-0.25, -0.2) is 14.0 Å². The molecule has 8 rings (SSSR count). The van der Waals surface area contributed by atoms with Crippen LogP contribution in [0.2, 0.25) is 0 Å². The fourth-order valence-electron chi connectivity index (χ4n) is 9.21. The van der Waals surface area contributed by atoms with Crippen molar-refractivity contribution in [1.29, 1.82) is 0 Å². The lowest BCUT2D eigenvalue weighted by molar-refractivity contribution is -0.185. The molecule has 15 nitrogen and oxygen atoms in total. The first-order valence-electron chi connectivity index (χ1n) is 21.1. The quantitative estimate of drug-likeness (QED) is 0.131. The van der Waals surface area contributed by atoms with Crippen LogP contribution in [0.25, 0.3) is 0 Å². The van der Waals surface area contributed by atoms with Gasteiger partial charge in [0, 0.05) is 25.7 Å². The van der Waals surface area contributed by atoms with Crippen LogP contribution in [0.15, 0.2) is 60.8 Å². The predicted molar refractivity (Wildman–Crippen MR) is 224 cm³/mol. The average Bonchev–Trinajstić information content (AvgIpc) is 3.60. The van der Waals surface area contributed by atoms with Crippen LogP contribution in [-0.4, -0.2) is 102 Å². The summed E-state index contributed by atoms with van der Waals surface area (Å²) in [5.74, 6) is -4.61. The van der Waals surface area contributed by atoms with Gasteiger partial charge < -0.3 is 39.1 Å². The summed E-state index contributed by atoms with van der Waals surface area (Å²) in [7, 11) is 0.385. The molecule has 3 aromatic rings. The number of hydrogen-bond donors (Lipinski definition) is 2. The van der Waals surface area contributed by atoms with Crippen LogP contribution < -0.4 is 20.1 Å². The molecule has 2 bridgehead atoms. The lowest BCUT2D eigenvalue weighted by Crippen LogP contribution is -2.63. The van der Waals surface area contributed by atoms with E-state index < -0.39 is 71.5 Å². The highest BCUT2D eigenvalue weighted by atomic mass is 19.1. The minimum atomic E-state index is -1.83. The number of hydrogen-bond acceptors (Lipinski definition) is 11. The van der Waals surface area contributed by atoms with Crippen LogP contribution >= 0.6 is 0 Å². The summed E-state index contributed by atoms with van der Waals surface area (Å²) < 4.78 is 47.1. The summed E-state index contributed by atoms with van der Waals surface area (Å²) in [5, 5.41) is 5.45. The van der Waals surface area contributed by atoms with Gasteiger partial charge in [-0.3, -0.25) is 24.3 Å². The number of carbonyl (C=O) groups is 5. The Morgan fingerprint density at radius 3 is 2.44 bits per heavy atom. The van der Waals surface area contributed by atoms with Gasteiger partial charge in [-0.05, 0) is 88.3 Å². The van der Waals surface area contributed by atoms with Crippen molar-refractivity contribution in [3.63, 3.8) is 0 Å². The maximum absolute atomic E-state index is 16.3. The number of esters is 1. The van der Waals surface area contributed by atoms with Crippen molar-refractivity contribution in [3.8, 4) is 11.5 Å². The fourth-order valence-corrected chi connectivity index (χ4v) is 9.21. The third-order valence-corrected chi connectivity index (χ3v) is 12.7. The number of halogens is 1. The molecule has 5 fully saturated rings. The molecule has 2 unspecified atom stereocenters. The Kier molecular flexibility index (Phi) is 12.4. The van der Waals surface area contributed by atoms with Crippen LogP contribution in [0.1, 0.15) is 94.5 Å². The molecule has 330 valence electrons. The second kappa shape index (κ2) is 17.3. The topological polar surface area (TPSA) is 175 Å². The number of benzene rings is 2. The first-order chi connectivity index (χ1) is 29.3. The van der Waals surface area contributed by atoms with Crippen LogP contribution in [0, 0.1) is 23.1 Å². The standard InChI is InChI=1S/C45H55BFN5O10/c1-9-51-18-19-52(40(55)39(51)54)42(57)50-35(34-32(47)22-29(24-48-34)59-25-26-14-11-10-12-15-26)38(53)49-33(46-61-37-31-21-28(44(31,5)6)23-45(37,7)62-46)20-27-16-13-17-30(36(27)58-8)41(56)60-43(2,3)4/h10-17,22,24,28,31,33,35,37H,9,18-21,23,25H2,1-8H3,(H,49,53)(H,50,57)/t28-,31+,33?,35?,37-,45+/m1/s1. The van der Waals surface area contributed by atoms with Gasteiger partial charge in [0.1, 0.15) is 35.0 Å². The monoisotopic (exact) mass is 855 g/mol. The van der Waals surface area contributed by atoms with Gasteiger partial charge in [0.2, 0.25) is 5.91 Å². The van der Waals surface area contributed by atoms with Gasteiger partial charge in [0.05, 0.1) is 31.0 Å². The highest BCUT2D eigenvalue weighted by molar-refractivity contribution is 6.48. The highest BCUT2D eigenvalue weighted by Gasteiger charge is 2.67. The van der Waals surface area contributed by atoms with Crippen molar-refractivity contribution in [2.45, 2.75) is 104 Å². The van der Waals surface area contributed by atoms with E-state index in [1.165, 1.54) is 18.2 Å². The molecule has 1 aromatic heterocycles. The fraction of sp³-hybridized carbons (Fsp3) is 0.511. The number of para-hydroxylation sites is 1. The van der Waals surface area contributed by atoms with E-state index in [0.29, 0.717) is 16.4 Å². The number of methoxy groups -OCH3 is 1. The van der Waals surface area contributed by atoms with Crippen molar-refractivity contribution >= 4 is 36.8 Å². The average molecular weight is 856 g/mol. The molecule has 0 spiro atoms. The number of imide groups is 1. The third kappa shape index (κ3) is 8.87. The lowest BCUT2D eigenvalue weighted by atomic mass is 9.45. The zero-order valence-corrected chi connectivity index (χ0v) is 36.5. The second-order valence-corrected chi connectivity index (χ2v) is 18.3. The number of aromatic nitrogens is 1. The number of nitrogens with zero attached hydrogens (tertiary/aromatic N) is 3. The van der Waals surface area contributed by atoms with E-state index in [0.717, 1.165) is 24.5 Å². The van der Waals surface area contributed by atoms with E-state index in [-0.39, 0.29) is 67.2 Å². The molecule has 3 heterocycles. The van der Waals surface area contributed by atoms with E-state index in [9.17, 15) is 24.0 Å². The molecule has 2 aromatic carbocycles. The van der Waals surface area contributed by atoms with Crippen molar-refractivity contribution < 1.29 is 51.9 Å². The summed E-state index contributed by atoms with van der Waals surface area (Å²) >= 11 is 0. The molecule has 2 saturated heterocycles. The van der Waals surface area contributed by atoms with Gasteiger partial charge in [-0.1, -0.05) is 56.3 Å².